The lowest BCUT2D eigenvalue weighted by Gasteiger charge is -2.30. The molecule has 1 saturated heterocycles. The molecule has 3 aromatic rings. The molecule has 4 rings (SSSR count). The maximum absolute atomic E-state index is 13.5. The molecule has 3 aromatic carbocycles. The lowest BCUT2D eigenvalue weighted by molar-refractivity contribution is -0.122. The lowest BCUT2D eigenvalue weighted by atomic mass is 10.0. The molecule has 0 spiro atoms. The van der Waals surface area contributed by atoms with Crippen molar-refractivity contribution in [3.8, 4) is 11.5 Å². The molecule has 0 saturated carbocycles. The predicted octanol–water partition coefficient (Wildman–Crippen LogP) is 5.90. The third-order valence-electron chi connectivity index (χ3n) is 5.78. The van der Waals surface area contributed by atoms with Crippen molar-refractivity contribution in [2.24, 2.45) is 0 Å². The van der Waals surface area contributed by atoms with Gasteiger partial charge in [-0.25, -0.2) is 0 Å². The number of thiocarbonyl (C=S) groups is 1. The van der Waals surface area contributed by atoms with Crippen molar-refractivity contribution in [1.29, 1.82) is 0 Å². The van der Waals surface area contributed by atoms with E-state index in [2.05, 4.69) is 27.8 Å². The lowest BCUT2D eigenvalue weighted by Crippen LogP contribution is -2.54. The number of hydrogen-bond donors (Lipinski definition) is 1. The highest BCUT2D eigenvalue weighted by Crippen LogP contribution is 2.35. The van der Waals surface area contributed by atoms with Crippen LogP contribution in [-0.4, -0.2) is 24.0 Å². The van der Waals surface area contributed by atoms with Gasteiger partial charge in [0.05, 0.1) is 12.8 Å². The van der Waals surface area contributed by atoms with Crippen LogP contribution in [0, 0.1) is 6.92 Å². The van der Waals surface area contributed by atoms with Gasteiger partial charge in [-0.2, -0.15) is 0 Å². The van der Waals surface area contributed by atoms with Gasteiger partial charge in [-0.05, 0) is 78.7 Å². The van der Waals surface area contributed by atoms with E-state index in [0.717, 1.165) is 21.2 Å². The first-order valence-electron chi connectivity index (χ1n) is 11.5. The maximum atomic E-state index is 13.5. The van der Waals surface area contributed by atoms with Crippen molar-refractivity contribution < 1.29 is 19.1 Å². The summed E-state index contributed by atoms with van der Waals surface area (Å²) in [7, 11) is 1.55. The first-order valence-corrected chi connectivity index (χ1v) is 12.7. The molecule has 37 heavy (non-hydrogen) atoms. The first-order chi connectivity index (χ1) is 17.8. The standard InChI is InChI=1S/C29H25BrN2O4S/c1-4-8-21-14-20(16-25(35-3)26(21)36-17-19-9-6-5-7-10-19)15-23-27(33)31-29(37)32(28(23)34)24-12-11-22(30)13-18(24)2/h4-7,9-16H,1,8,17H2,2-3H3,(H,31,33,37)/b23-15+. The first kappa shape index (κ1) is 26.3. The van der Waals surface area contributed by atoms with Gasteiger partial charge in [0.25, 0.3) is 11.8 Å². The highest BCUT2D eigenvalue weighted by atomic mass is 79.9. The van der Waals surface area contributed by atoms with Crippen LogP contribution < -0.4 is 19.7 Å². The van der Waals surface area contributed by atoms with Crippen LogP contribution in [-0.2, 0) is 22.6 Å². The number of nitrogens with one attached hydrogen (secondary N) is 1. The summed E-state index contributed by atoms with van der Waals surface area (Å²) in [4.78, 5) is 27.7. The highest BCUT2D eigenvalue weighted by Gasteiger charge is 2.35. The Labute approximate surface area is 229 Å². The van der Waals surface area contributed by atoms with Crippen LogP contribution in [0.1, 0.15) is 22.3 Å². The number of allylic oxidation sites excluding steroid dienone is 1. The maximum Gasteiger partial charge on any atom is 0.270 e. The van der Waals surface area contributed by atoms with E-state index in [1.807, 2.05) is 55.5 Å². The largest absolute Gasteiger partial charge is 0.493 e. The molecule has 0 bridgehead atoms. The zero-order valence-corrected chi connectivity index (χ0v) is 22.8. The van der Waals surface area contributed by atoms with E-state index in [9.17, 15) is 9.59 Å². The van der Waals surface area contributed by atoms with Crippen molar-refractivity contribution in [3.05, 3.63) is 106 Å². The number of benzene rings is 3. The molecule has 2 amide bonds. The minimum atomic E-state index is -0.561. The molecule has 6 nitrogen and oxygen atoms in total. The summed E-state index contributed by atoms with van der Waals surface area (Å²) in [5.74, 6) is 0.00511. The van der Waals surface area contributed by atoms with Gasteiger partial charge < -0.3 is 9.47 Å². The number of rotatable bonds is 8. The van der Waals surface area contributed by atoms with Crippen molar-refractivity contribution in [2.45, 2.75) is 20.0 Å². The van der Waals surface area contributed by atoms with Crippen molar-refractivity contribution in [3.63, 3.8) is 0 Å². The number of anilines is 1. The van der Waals surface area contributed by atoms with E-state index >= 15 is 0 Å². The van der Waals surface area contributed by atoms with Crippen LogP contribution in [0.5, 0.6) is 11.5 Å². The summed E-state index contributed by atoms with van der Waals surface area (Å²) < 4.78 is 12.6. The monoisotopic (exact) mass is 576 g/mol. The summed E-state index contributed by atoms with van der Waals surface area (Å²) in [6, 6.07) is 18.9. The second-order valence-corrected chi connectivity index (χ2v) is 9.67. The Morgan fingerprint density at radius 1 is 1.11 bits per heavy atom. The number of methoxy groups -OCH3 is 1. The number of carbonyl (C=O) groups is 2. The Kier molecular flexibility index (Phi) is 8.21. The minimum Gasteiger partial charge on any atom is -0.493 e. The molecule has 1 heterocycles. The summed E-state index contributed by atoms with van der Waals surface area (Å²) in [6.07, 6.45) is 3.80. The molecule has 1 aliphatic heterocycles. The fourth-order valence-electron chi connectivity index (χ4n) is 4.03. The molecule has 0 aromatic heterocycles. The topological polar surface area (TPSA) is 67.9 Å². The summed E-state index contributed by atoms with van der Waals surface area (Å²) in [6.45, 7) is 6.09. The van der Waals surface area contributed by atoms with E-state index in [-0.39, 0.29) is 10.7 Å². The van der Waals surface area contributed by atoms with Crippen molar-refractivity contribution in [1.82, 2.24) is 5.32 Å². The third kappa shape index (κ3) is 5.81. The summed E-state index contributed by atoms with van der Waals surface area (Å²) >= 11 is 8.77. The summed E-state index contributed by atoms with van der Waals surface area (Å²) in [5.41, 5.74) is 3.83. The fourth-order valence-corrected chi connectivity index (χ4v) is 4.78. The van der Waals surface area contributed by atoms with E-state index in [0.29, 0.717) is 35.8 Å². The Bertz CT molecular complexity index is 1420. The zero-order chi connectivity index (χ0) is 26.5. The van der Waals surface area contributed by atoms with Gasteiger partial charge in [0.2, 0.25) is 0 Å². The van der Waals surface area contributed by atoms with Crippen molar-refractivity contribution >= 4 is 56.8 Å². The number of halogens is 1. The van der Waals surface area contributed by atoms with Crippen molar-refractivity contribution in [2.75, 3.05) is 12.0 Å². The van der Waals surface area contributed by atoms with Gasteiger partial charge in [-0.15, -0.1) is 6.58 Å². The van der Waals surface area contributed by atoms with E-state index in [4.69, 9.17) is 21.7 Å². The molecular formula is C29H25BrN2O4S. The van der Waals surface area contributed by atoms with Crippen LogP contribution in [0.2, 0.25) is 0 Å². The average Bonchev–Trinajstić information content (AvgIpc) is 2.87. The van der Waals surface area contributed by atoms with Gasteiger partial charge in [0, 0.05) is 10.0 Å². The van der Waals surface area contributed by atoms with Gasteiger partial charge >= 0.3 is 0 Å². The summed E-state index contributed by atoms with van der Waals surface area (Å²) in [5, 5.41) is 2.67. The molecule has 1 N–H and O–H groups in total. The molecule has 0 atom stereocenters. The molecule has 0 radical (unpaired) electrons. The molecule has 0 unspecified atom stereocenters. The second kappa shape index (κ2) is 11.5. The van der Waals surface area contributed by atoms with E-state index in [1.54, 1.807) is 25.3 Å². The molecular weight excluding hydrogens is 552 g/mol. The third-order valence-corrected chi connectivity index (χ3v) is 6.55. The van der Waals surface area contributed by atoms with Gasteiger partial charge in [0.15, 0.2) is 16.6 Å². The van der Waals surface area contributed by atoms with E-state index in [1.165, 1.54) is 11.0 Å². The zero-order valence-electron chi connectivity index (χ0n) is 20.4. The molecule has 0 aliphatic carbocycles. The smallest absolute Gasteiger partial charge is 0.270 e. The van der Waals surface area contributed by atoms with Gasteiger partial charge in [-0.1, -0.05) is 52.3 Å². The fraction of sp³-hybridized carbons (Fsp3) is 0.138. The number of aryl methyl sites for hydroxylation is 1. The molecule has 1 fully saturated rings. The molecule has 188 valence electrons. The Balaban J connectivity index is 1.72. The molecule has 1 aliphatic rings. The number of nitrogens with zero attached hydrogens (tertiary/aromatic N) is 1. The predicted molar refractivity (Wildman–Crippen MR) is 153 cm³/mol. The molecule has 8 heteroatoms. The van der Waals surface area contributed by atoms with Gasteiger partial charge in [-0.3, -0.25) is 19.8 Å². The van der Waals surface area contributed by atoms with Crippen LogP contribution in [0.15, 0.2) is 83.4 Å². The second-order valence-electron chi connectivity index (χ2n) is 8.37. The number of carbonyl (C=O) groups excluding carboxylic acids is 2. The Hall–Kier alpha value is -3.75. The van der Waals surface area contributed by atoms with Gasteiger partial charge in [0.1, 0.15) is 12.2 Å². The minimum absolute atomic E-state index is 0.0344. The normalized spacial score (nSPS) is 14.5. The average molecular weight is 578 g/mol. The van der Waals surface area contributed by atoms with Crippen LogP contribution in [0.3, 0.4) is 0 Å². The highest BCUT2D eigenvalue weighted by molar-refractivity contribution is 9.10. The quantitative estimate of drug-likeness (QED) is 0.156. The number of amides is 2. The Morgan fingerprint density at radius 3 is 2.54 bits per heavy atom. The number of ether oxygens (including phenoxy) is 2. The van der Waals surface area contributed by atoms with Crippen LogP contribution in [0.25, 0.3) is 6.08 Å². The number of hydrogen-bond acceptors (Lipinski definition) is 5. The SMILES string of the molecule is C=CCc1cc(/C=C2\C(=O)NC(=S)N(c3ccc(Br)cc3C)C2=O)cc(OC)c1OCc1ccccc1. The van der Waals surface area contributed by atoms with Crippen LogP contribution >= 0.6 is 28.1 Å². The Morgan fingerprint density at radius 2 is 1.86 bits per heavy atom. The van der Waals surface area contributed by atoms with Crippen LogP contribution in [0.4, 0.5) is 5.69 Å². The van der Waals surface area contributed by atoms with E-state index < -0.39 is 11.8 Å².